The zero-order valence-electron chi connectivity index (χ0n) is 11.0. The summed E-state index contributed by atoms with van der Waals surface area (Å²) in [5.74, 6) is 0.295. The lowest BCUT2D eigenvalue weighted by Crippen LogP contribution is -2.18. The molecule has 1 heterocycles. The molecule has 0 atom stereocenters. The van der Waals surface area contributed by atoms with Crippen LogP contribution in [0.3, 0.4) is 0 Å². The van der Waals surface area contributed by atoms with Crippen LogP contribution in [-0.2, 0) is 6.42 Å². The van der Waals surface area contributed by atoms with Crippen molar-refractivity contribution in [2.24, 2.45) is 0 Å². The summed E-state index contributed by atoms with van der Waals surface area (Å²) in [5, 5.41) is 0. The highest BCUT2D eigenvalue weighted by molar-refractivity contribution is 5.61. The van der Waals surface area contributed by atoms with Gasteiger partial charge in [-0.25, -0.2) is 9.37 Å². The fraction of sp³-hybridized carbons (Fsp3) is 0.286. The van der Waals surface area contributed by atoms with E-state index in [-0.39, 0.29) is 17.2 Å². The number of nitrogens with two attached hydrogens (primary N) is 1. The van der Waals surface area contributed by atoms with Gasteiger partial charge in [-0.15, -0.1) is 0 Å². The normalized spacial score (nSPS) is 10.7. The topological polar surface area (TPSA) is 71.8 Å². The number of nitrogen functional groups attached to an aromatic ring is 1. The second-order valence-corrected chi connectivity index (χ2v) is 4.49. The molecule has 0 saturated heterocycles. The molecule has 0 unspecified atom stereocenters. The van der Waals surface area contributed by atoms with Crippen LogP contribution in [0.5, 0.6) is 0 Å². The predicted octanol–water partition coefficient (Wildman–Crippen LogP) is 2.42. The van der Waals surface area contributed by atoms with Gasteiger partial charge < -0.3 is 10.7 Å². The third-order valence-electron chi connectivity index (χ3n) is 2.99. The summed E-state index contributed by atoms with van der Waals surface area (Å²) in [6.07, 6.45) is 1.42. The van der Waals surface area contributed by atoms with Crippen LogP contribution in [0.4, 0.5) is 10.2 Å². The molecule has 3 N–H and O–H groups in total. The van der Waals surface area contributed by atoms with E-state index in [2.05, 4.69) is 9.97 Å². The Morgan fingerprint density at radius 2 is 2.16 bits per heavy atom. The first kappa shape index (κ1) is 13.3. The number of aromatic amines is 1. The summed E-state index contributed by atoms with van der Waals surface area (Å²) in [6.45, 7) is 3.73. The molecule has 0 aliphatic carbocycles. The minimum Gasteiger partial charge on any atom is -0.383 e. The van der Waals surface area contributed by atoms with Crippen LogP contribution in [0, 0.1) is 12.7 Å². The van der Waals surface area contributed by atoms with Gasteiger partial charge in [0, 0.05) is 5.56 Å². The molecule has 2 rings (SSSR count). The summed E-state index contributed by atoms with van der Waals surface area (Å²) in [7, 11) is 0. The van der Waals surface area contributed by atoms with Gasteiger partial charge in [0.15, 0.2) is 0 Å². The highest BCUT2D eigenvalue weighted by Gasteiger charge is 2.11. The van der Waals surface area contributed by atoms with Crippen molar-refractivity contribution in [3.05, 3.63) is 45.5 Å². The lowest BCUT2D eigenvalue weighted by molar-refractivity contribution is 0.627. The first-order valence-electron chi connectivity index (χ1n) is 6.18. The fourth-order valence-corrected chi connectivity index (χ4v) is 2.03. The highest BCUT2D eigenvalue weighted by atomic mass is 19.1. The monoisotopic (exact) mass is 261 g/mol. The van der Waals surface area contributed by atoms with Crippen molar-refractivity contribution < 1.29 is 4.39 Å². The van der Waals surface area contributed by atoms with Gasteiger partial charge in [-0.05, 0) is 37.1 Å². The molecular weight excluding hydrogens is 245 g/mol. The summed E-state index contributed by atoms with van der Waals surface area (Å²) in [5.41, 5.74) is 7.47. The Morgan fingerprint density at radius 1 is 1.42 bits per heavy atom. The van der Waals surface area contributed by atoms with E-state index < -0.39 is 0 Å². The van der Waals surface area contributed by atoms with Gasteiger partial charge in [0.2, 0.25) is 0 Å². The van der Waals surface area contributed by atoms with Crippen LogP contribution in [0.2, 0.25) is 0 Å². The molecule has 0 radical (unpaired) electrons. The third-order valence-corrected chi connectivity index (χ3v) is 2.99. The second-order valence-electron chi connectivity index (χ2n) is 4.49. The lowest BCUT2D eigenvalue weighted by Gasteiger charge is -2.08. The Bertz CT molecular complexity index is 664. The summed E-state index contributed by atoms with van der Waals surface area (Å²) >= 11 is 0. The van der Waals surface area contributed by atoms with Gasteiger partial charge in [0.05, 0.1) is 5.56 Å². The molecule has 0 aliphatic heterocycles. The number of rotatable bonds is 3. The Labute approximate surface area is 110 Å². The second kappa shape index (κ2) is 5.22. The van der Waals surface area contributed by atoms with E-state index in [1.807, 2.05) is 6.92 Å². The molecule has 0 aliphatic rings. The molecule has 0 saturated carbocycles. The zero-order valence-corrected chi connectivity index (χ0v) is 11.0. The SMILES string of the molecule is CCCc1c(N)nc(-c2ccc(F)cc2C)[nH]c1=O. The Balaban J connectivity index is 2.55. The third kappa shape index (κ3) is 2.65. The quantitative estimate of drug-likeness (QED) is 0.891. The average Bonchev–Trinajstić information content (AvgIpc) is 2.33. The van der Waals surface area contributed by atoms with Crippen LogP contribution in [0.1, 0.15) is 24.5 Å². The van der Waals surface area contributed by atoms with Crippen molar-refractivity contribution in [3.8, 4) is 11.4 Å². The lowest BCUT2D eigenvalue weighted by atomic mass is 10.1. The molecule has 4 nitrogen and oxygen atoms in total. The van der Waals surface area contributed by atoms with Crippen molar-refractivity contribution in [1.29, 1.82) is 0 Å². The van der Waals surface area contributed by atoms with Crippen LogP contribution >= 0.6 is 0 Å². The van der Waals surface area contributed by atoms with Crippen LogP contribution in [0.25, 0.3) is 11.4 Å². The summed E-state index contributed by atoms with van der Waals surface area (Å²) < 4.78 is 13.1. The maximum absolute atomic E-state index is 13.1. The molecule has 2 aromatic rings. The first-order valence-corrected chi connectivity index (χ1v) is 6.18. The van der Waals surface area contributed by atoms with Crippen molar-refractivity contribution >= 4 is 5.82 Å². The molecule has 5 heteroatoms. The number of halogens is 1. The molecule has 0 fully saturated rings. The van der Waals surface area contributed by atoms with Crippen molar-refractivity contribution in [3.63, 3.8) is 0 Å². The maximum atomic E-state index is 13.1. The number of nitrogens with one attached hydrogen (secondary N) is 1. The molecule has 0 amide bonds. The van der Waals surface area contributed by atoms with Gasteiger partial charge in [0.1, 0.15) is 17.5 Å². The van der Waals surface area contributed by atoms with Crippen LogP contribution in [0.15, 0.2) is 23.0 Å². The number of hydrogen-bond acceptors (Lipinski definition) is 3. The van der Waals surface area contributed by atoms with E-state index in [9.17, 15) is 9.18 Å². The minimum atomic E-state index is -0.320. The van der Waals surface area contributed by atoms with Crippen LogP contribution < -0.4 is 11.3 Å². The molecule has 0 bridgehead atoms. The van der Waals surface area contributed by atoms with E-state index in [1.54, 1.807) is 13.0 Å². The first-order chi connectivity index (χ1) is 9.02. The van der Waals surface area contributed by atoms with Crippen LogP contribution in [-0.4, -0.2) is 9.97 Å². The summed E-state index contributed by atoms with van der Waals surface area (Å²) in [4.78, 5) is 18.9. The minimum absolute atomic E-state index is 0.229. The van der Waals surface area contributed by atoms with Gasteiger partial charge in [0.25, 0.3) is 5.56 Å². The highest BCUT2D eigenvalue weighted by Crippen LogP contribution is 2.21. The van der Waals surface area contributed by atoms with Gasteiger partial charge in [-0.3, -0.25) is 4.79 Å². The number of hydrogen-bond donors (Lipinski definition) is 2. The average molecular weight is 261 g/mol. The van der Waals surface area contributed by atoms with Crippen molar-refractivity contribution in [2.45, 2.75) is 26.7 Å². The maximum Gasteiger partial charge on any atom is 0.256 e. The van der Waals surface area contributed by atoms with Crippen molar-refractivity contribution in [1.82, 2.24) is 9.97 Å². The zero-order chi connectivity index (χ0) is 14.0. The summed E-state index contributed by atoms with van der Waals surface area (Å²) in [6, 6.07) is 4.31. The Hall–Kier alpha value is -2.17. The molecular formula is C14H16FN3O. The fourth-order valence-electron chi connectivity index (χ4n) is 2.03. The van der Waals surface area contributed by atoms with E-state index in [0.29, 0.717) is 28.9 Å². The number of H-pyrrole nitrogens is 1. The molecule has 100 valence electrons. The van der Waals surface area contributed by atoms with Gasteiger partial charge >= 0.3 is 0 Å². The standard InChI is InChI=1S/C14H16FN3O/c1-3-4-11-12(16)17-13(18-14(11)19)10-6-5-9(15)7-8(10)2/h5-7H,3-4H2,1-2H3,(H3,16,17,18,19). The van der Waals surface area contributed by atoms with E-state index in [1.165, 1.54) is 12.1 Å². The number of aromatic nitrogens is 2. The number of nitrogens with zero attached hydrogens (tertiary/aromatic N) is 1. The van der Waals surface area contributed by atoms with E-state index in [0.717, 1.165) is 6.42 Å². The Morgan fingerprint density at radius 3 is 2.74 bits per heavy atom. The molecule has 19 heavy (non-hydrogen) atoms. The largest absolute Gasteiger partial charge is 0.383 e. The van der Waals surface area contributed by atoms with Gasteiger partial charge in [-0.1, -0.05) is 13.3 Å². The smallest absolute Gasteiger partial charge is 0.256 e. The number of aryl methyl sites for hydroxylation is 1. The van der Waals surface area contributed by atoms with E-state index >= 15 is 0 Å². The molecule has 1 aromatic heterocycles. The van der Waals surface area contributed by atoms with E-state index in [4.69, 9.17) is 5.73 Å². The van der Waals surface area contributed by atoms with Gasteiger partial charge in [-0.2, -0.15) is 0 Å². The molecule has 0 spiro atoms. The van der Waals surface area contributed by atoms with Crippen molar-refractivity contribution in [2.75, 3.05) is 5.73 Å². The number of anilines is 1. The molecule has 1 aromatic carbocycles. The number of benzene rings is 1. The predicted molar refractivity (Wildman–Crippen MR) is 73.4 cm³/mol. The Kier molecular flexibility index (Phi) is 3.64.